The highest BCUT2D eigenvalue weighted by atomic mass is 16.7. The Bertz CT molecular complexity index is 2470. The van der Waals surface area contributed by atoms with E-state index in [9.17, 15) is 49.9 Å². The topological polar surface area (TPSA) is 287 Å². The first kappa shape index (κ1) is 66.6. The van der Waals surface area contributed by atoms with Crippen molar-refractivity contribution in [3.63, 3.8) is 0 Å². The summed E-state index contributed by atoms with van der Waals surface area (Å²) in [5.74, 6) is -6.31. The second kappa shape index (κ2) is 28.4. The largest absolute Gasteiger partial charge is 0.477 e. The van der Waals surface area contributed by atoms with Gasteiger partial charge in [0.15, 0.2) is 18.7 Å². The number of hydrogen-bond donors (Lipinski definition) is 6. The average molecular weight is 1140 g/mol. The van der Waals surface area contributed by atoms with E-state index in [2.05, 4.69) is 5.16 Å². The summed E-state index contributed by atoms with van der Waals surface area (Å²) in [5, 5.41) is 72.0. The van der Waals surface area contributed by atoms with Gasteiger partial charge in [-0.2, -0.15) is 0 Å². The highest BCUT2D eigenvalue weighted by Gasteiger charge is 2.54. The molecule has 2 aromatic rings. The van der Waals surface area contributed by atoms with E-state index in [-0.39, 0.29) is 49.1 Å². The lowest BCUT2D eigenvalue weighted by molar-refractivity contribution is -0.318. The first-order valence-corrected chi connectivity index (χ1v) is 28.4. The summed E-state index contributed by atoms with van der Waals surface area (Å²) in [7, 11) is 7.04. The van der Waals surface area contributed by atoms with Crippen LogP contribution in [-0.4, -0.2) is 208 Å². The molecule has 0 saturated carbocycles. The summed E-state index contributed by atoms with van der Waals surface area (Å²) < 4.78 is 52.3. The van der Waals surface area contributed by atoms with E-state index in [1.807, 2.05) is 56.9 Å². The number of aliphatic hydroxyl groups excluding tert-OH is 2. The van der Waals surface area contributed by atoms with Crippen molar-refractivity contribution in [2.75, 3.05) is 54.6 Å². The molecular weight excluding hydrogens is 1040 g/mol. The zero-order valence-corrected chi connectivity index (χ0v) is 49.8. The van der Waals surface area contributed by atoms with Crippen LogP contribution in [0.4, 0.5) is 0 Å². The number of carbonyl (C=O) groups excluding carboxylic acids is 2. The van der Waals surface area contributed by atoms with Crippen molar-refractivity contribution in [3.05, 3.63) is 45.7 Å². The molecule has 0 spiro atoms. The fourth-order valence-corrected chi connectivity index (χ4v) is 12.1. The van der Waals surface area contributed by atoms with Gasteiger partial charge < -0.3 is 83.0 Å². The van der Waals surface area contributed by atoms with Crippen LogP contribution in [0, 0.1) is 23.7 Å². The van der Waals surface area contributed by atoms with Crippen molar-refractivity contribution >= 4 is 34.5 Å². The summed E-state index contributed by atoms with van der Waals surface area (Å²) in [6.07, 6.45) is -7.61. The summed E-state index contributed by atoms with van der Waals surface area (Å²) >= 11 is 0. The molecule has 1 aromatic carbocycles. The lowest BCUT2D eigenvalue weighted by Gasteiger charge is -2.49. The third-order valence-electron chi connectivity index (χ3n) is 17.0. The molecule has 1 aromatic heterocycles. The molecule has 6 N–H and O–H groups in total. The standard InChI is InChI=1S/C58H94N4O18/c1-16-43-58(11,71)50(66)34(5)46(59-72)32(3)29-56(9,70)51(80-55-48(65)42(60(12)13)27-33(4)75-55)35(6)49(36(7)54(69)77-43)79-45-30-57(10,73-15)52(37(8)76-45)78-44(63)22-23-61(14)24-26-74-25-18-19-38-20-21-41-39(28-38)47(64)40(53(67)68)31-62(41)17-2/h20-21,28,31-37,42-43,45,48-52,55,65-66,70-72H,16-19,22-27,29-30H2,1-15H3,(H,67,68)/b59-46+/t32-,33+,34+,35+,36-,37+,42-,43-,45+,48+,49+,50-,51-,52+,55-,56-,57-,58-/m1/s1. The van der Waals surface area contributed by atoms with Gasteiger partial charge in [0.05, 0.1) is 66.3 Å². The average Bonchev–Trinajstić information content (AvgIpc) is 3.42. The number of nitrogens with zero attached hydrogens (tertiary/aromatic N) is 4. The number of methoxy groups -OCH3 is 1. The van der Waals surface area contributed by atoms with Gasteiger partial charge in [0, 0.05) is 75.2 Å². The highest BCUT2D eigenvalue weighted by molar-refractivity contribution is 5.92. The number of cyclic esters (lactones) is 1. The maximum Gasteiger partial charge on any atom is 0.341 e. The van der Waals surface area contributed by atoms with Crippen molar-refractivity contribution in [2.24, 2.45) is 28.8 Å². The number of likely N-dealkylation sites (N-methyl/N-ethyl adjacent to an activating group) is 2. The van der Waals surface area contributed by atoms with Gasteiger partial charge in [0.25, 0.3) is 0 Å². The first-order chi connectivity index (χ1) is 37.5. The Hall–Kier alpha value is -4.17. The van der Waals surface area contributed by atoms with Crippen molar-refractivity contribution in [1.29, 1.82) is 0 Å². The second-order valence-electron chi connectivity index (χ2n) is 23.6. The van der Waals surface area contributed by atoms with E-state index >= 15 is 0 Å². The number of carboxylic acids is 1. The Balaban J connectivity index is 1.28. The van der Waals surface area contributed by atoms with Crippen LogP contribution in [-0.2, 0) is 60.4 Å². The van der Waals surface area contributed by atoms with E-state index in [1.54, 1.807) is 59.1 Å². The molecule has 22 heteroatoms. The van der Waals surface area contributed by atoms with E-state index in [0.29, 0.717) is 63.0 Å². The number of benzene rings is 1. The number of aliphatic hydroxyl groups is 4. The van der Waals surface area contributed by atoms with Gasteiger partial charge in [0.2, 0.25) is 5.43 Å². The number of oxime groups is 1. The van der Waals surface area contributed by atoms with Crippen molar-refractivity contribution in [2.45, 2.75) is 212 Å². The van der Waals surface area contributed by atoms with Crippen molar-refractivity contribution < 1.29 is 83.0 Å². The number of esters is 2. The fraction of sp³-hybridized carbons (Fsp3) is 0.776. The highest BCUT2D eigenvalue weighted by Crippen LogP contribution is 2.42. The number of pyridine rings is 1. The van der Waals surface area contributed by atoms with Crippen molar-refractivity contribution in [1.82, 2.24) is 14.4 Å². The Labute approximate surface area is 471 Å². The van der Waals surface area contributed by atoms with Crippen LogP contribution in [0.15, 0.2) is 34.3 Å². The van der Waals surface area contributed by atoms with Gasteiger partial charge in [0.1, 0.15) is 29.0 Å². The molecule has 4 heterocycles. The van der Waals surface area contributed by atoms with Crippen LogP contribution in [0.2, 0.25) is 0 Å². The number of aryl methyl sites for hydroxylation is 2. The van der Waals surface area contributed by atoms with E-state index in [4.69, 9.17) is 37.9 Å². The second-order valence-corrected chi connectivity index (χ2v) is 23.6. The molecule has 0 aliphatic carbocycles. The molecule has 3 saturated heterocycles. The molecule has 0 radical (unpaired) electrons. The van der Waals surface area contributed by atoms with Gasteiger partial charge in [-0.1, -0.05) is 38.9 Å². The van der Waals surface area contributed by atoms with Gasteiger partial charge in [-0.05, 0) is 119 Å². The number of aromatic nitrogens is 1. The summed E-state index contributed by atoms with van der Waals surface area (Å²) in [6, 6.07) is 5.16. The Morgan fingerprint density at radius 1 is 0.912 bits per heavy atom. The number of carboxylic acid groups (broad SMARTS) is 1. The molecule has 5 rings (SSSR count). The third-order valence-corrected chi connectivity index (χ3v) is 17.0. The predicted octanol–water partition coefficient (Wildman–Crippen LogP) is 4.60. The third kappa shape index (κ3) is 15.7. The monoisotopic (exact) mass is 1130 g/mol. The van der Waals surface area contributed by atoms with Gasteiger partial charge >= 0.3 is 17.9 Å². The van der Waals surface area contributed by atoms with Crippen LogP contribution < -0.4 is 5.43 Å². The van der Waals surface area contributed by atoms with Crippen LogP contribution in [0.3, 0.4) is 0 Å². The maximum atomic E-state index is 14.5. The molecule has 3 aliphatic rings. The number of fused-ring (bicyclic) bond motifs is 1. The SMILES string of the molecule is CC[C@H]1OC(=O)[C@H](C)[C@@H](O[C@H]2C[C@@](C)(OC)[C@@H](OC(=O)CCN(C)CCOCCCc3ccc4c(c3)c(=O)c(C(=O)O)cn4CC)[C@H](C)O2)[C@H](C)[C@@H](O[C@H]2O[C@@H](C)C[C@@H](N(C)C)[C@@H]2O)[C@](C)(O)C[C@@H](C)/C(=N\O)[C@H](C)[C@@H](O)[C@]1(C)O. The zero-order chi connectivity index (χ0) is 59.8. The normalized spacial score (nSPS) is 36.5. The molecule has 0 unspecified atom stereocenters. The quantitative estimate of drug-likeness (QED) is 0.0457. The summed E-state index contributed by atoms with van der Waals surface area (Å²) in [6.45, 7) is 20.7. The van der Waals surface area contributed by atoms with Crippen molar-refractivity contribution in [3.8, 4) is 0 Å². The minimum Gasteiger partial charge on any atom is -0.477 e. The number of carbonyl (C=O) groups is 3. The Kier molecular flexibility index (Phi) is 23.7. The van der Waals surface area contributed by atoms with Crippen LogP contribution in [0.5, 0.6) is 0 Å². The predicted molar refractivity (Wildman–Crippen MR) is 296 cm³/mol. The number of aromatic carboxylic acids is 1. The molecule has 22 nitrogen and oxygen atoms in total. The molecule has 3 fully saturated rings. The van der Waals surface area contributed by atoms with Gasteiger partial charge in [-0.3, -0.25) is 14.4 Å². The molecule has 3 aliphatic heterocycles. The zero-order valence-electron chi connectivity index (χ0n) is 49.8. The molecule has 0 bridgehead atoms. The van der Waals surface area contributed by atoms with Crippen LogP contribution in [0.25, 0.3) is 10.9 Å². The van der Waals surface area contributed by atoms with Crippen LogP contribution in [0.1, 0.15) is 131 Å². The number of ether oxygens (including phenoxy) is 8. The summed E-state index contributed by atoms with van der Waals surface area (Å²) in [5.41, 5.74) is -4.16. The van der Waals surface area contributed by atoms with Gasteiger partial charge in [-0.15, -0.1) is 0 Å². The Morgan fingerprint density at radius 2 is 1.60 bits per heavy atom. The number of hydrogen-bond acceptors (Lipinski definition) is 20. The van der Waals surface area contributed by atoms with E-state index < -0.39 is 119 Å². The fourth-order valence-electron chi connectivity index (χ4n) is 12.1. The van der Waals surface area contributed by atoms with E-state index in [1.165, 1.54) is 27.2 Å². The van der Waals surface area contributed by atoms with Gasteiger partial charge in [-0.25, -0.2) is 4.79 Å². The maximum absolute atomic E-state index is 14.5. The van der Waals surface area contributed by atoms with Crippen LogP contribution >= 0.6 is 0 Å². The summed E-state index contributed by atoms with van der Waals surface area (Å²) in [4.78, 5) is 56.6. The Morgan fingerprint density at radius 3 is 2.21 bits per heavy atom. The molecule has 0 amide bonds. The smallest absolute Gasteiger partial charge is 0.341 e. The molecule has 80 heavy (non-hydrogen) atoms. The molecule has 18 atom stereocenters. The minimum absolute atomic E-state index is 0.0111. The molecule has 454 valence electrons. The minimum atomic E-state index is -2.03. The lowest BCUT2D eigenvalue weighted by atomic mass is 9.73. The first-order valence-electron chi connectivity index (χ1n) is 28.4. The van der Waals surface area contributed by atoms with E-state index in [0.717, 1.165) is 5.56 Å². The molecular formula is C58H94N4O18. The number of rotatable bonds is 20. The lowest BCUT2D eigenvalue weighted by Crippen LogP contribution is -2.61.